The third-order valence-electron chi connectivity index (χ3n) is 6.21. The molecule has 2 heterocycles. The van der Waals surface area contributed by atoms with Gasteiger partial charge in [0, 0.05) is 37.7 Å². The highest BCUT2D eigenvalue weighted by Gasteiger charge is 2.37. The van der Waals surface area contributed by atoms with Crippen LogP contribution in [0.2, 0.25) is 5.02 Å². The van der Waals surface area contributed by atoms with Gasteiger partial charge in [-0.05, 0) is 35.4 Å². The Morgan fingerprint density at radius 1 is 1.02 bits per heavy atom. The smallest absolute Gasteiger partial charge is 0.378 e. The van der Waals surface area contributed by atoms with E-state index in [2.05, 4.69) is 10.3 Å². The molecule has 0 atom stereocenters. The number of halogens is 7. The van der Waals surface area contributed by atoms with Crippen LogP contribution in [0.25, 0.3) is 0 Å². The fourth-order valence-electron chi connectivity index (χ4n) is 4.31. The molecular formula is C25H25ClF6N6O2. The number of carbonyl (C=O) groups excluding carboxylic acids is 1. The second-order valence-electron chi connectivity index (χ2n) is 9.04. The molecular weight excluding hydrogens is 566 g/mol. The highest BCUT2D eigenvalue weighted by Crippen LogP contribution is 2.37. The molecule has 0 saturated carbocycles. The predicted octanol–water partition coefficient (Wildman–Crippen LogP) is 4.46. The third-order valence-corrected chi connectivity index (χ3v) is 6.58. The van der Waals surface area contributed by atoms with E-state index in [-0.39, 0.29) is 56.0 Å². The molecule has 1 aromatic heterocycles. The van der Waals surface area contributed by atoms with Crippen LogP contribution >= 0.6 is 11.6 Å². The van der Waals surface area contributed by atoms with Crippen molar-refractivity contribution in [3.8, 4) is 0 Å². The minimum absolute atomic E-state index is 0.0576. The maximum atomic E-state index is 13.7. The zero-order valence-electron chi connectivity index (χ0n) is 21.0. The van der Waals surface area contributed by atoms with Crippen LogP contribution in [0.4, 0.5) is 32.2 Å². The van der Waals surface area contributed by atoms with Crippen molar-refractivity contribution in [2.45, 2.75) is 25.4 Å². The standard InChI is InChI=1S/C25H25ClF6N6O2/c26-20-4-2-1-3-17(20)15-37(6-5-33)23(39)21-22(36-7-9-40-10-8-36)38(35-34-21)14-16-11-18(24(27,28)29)13-19(12-16)25(30,31)32/h1-4,11-13H,5-10,14-15,33H2. The van der Waals surface area contributed by atoms with Crippen molar-refractivity contribution in [2.24, 2.45) is 5.73 Å². The molecule has 216 valence electrons. The Morgan fingerprint density at radius 2 is 1.65 bits per heavy atom. The Hall–Kier alpha value is -3.36. The monoisotopic (exact) mass is 590 g/mol. The molecule has 15 heteroatoms. The van der Waals surface area contributed by atoms with Crippen LogP contribution in [-0.2, 0) is 30.2 Å². The van der Waals surface area contributed by atoms with Gasteiger partial charge in [-0.15, -0.1) is 5.10 Å². The molecule has 1 aliphatic rings. The maximum Gasteiger partial charge on any atom is 0.416 e. The van der Waals surface area contributed by atoms with Crippen molar-refractivity contribution < 1.29 is 35.9 Å². The first-order chi connectivity index (χ1) is 18.9. The Labute approximate surface area is 230 Å². The van der Waals surface area contributed by atoms with Gasteiger partial charge in [0.1, 0.15) is 0 Å². The van der Waals surface area contributed by atoms with E-state index < -0.39 is 35.9 Å². The predicted molar refractivity (Wildman–Crippen MR) is 134 cm³/mol. The van der Waals surface area contributed by atoms with E-state index in [9.17, 15) is 31.1 Å². The van der Waals surface area contributed by atoms with E-state index in [4.69, 9.17) is 22.1 Å². The summed E-state index contributed by atoms with van der Waals surface area (Å²) in [6.07, 6.45) is -10.0. The summed E-state index contributed by atoms with van der Waals surface area (Å²) in [6, 6.07) is 8.21. The molecule has 1 saturated heterocycles. The fraction of sp³-hybridized carbons (Fsp3) is 0.400. The molecule has 1 fully saturated rings. The van der Waals surface area contributed by atoms with Gasteiger partial charge in [-0.1, -0.05) is 35.0 Å². The van der Waals surface area contributed by atoms with Crippen molar-refractivity contribution in [3.05, 3.63) is 75.4 Å². The molecule has 0 radical (unpaired) electrons. The van der Waals surface area contributed by atoms with Gasteiger partial charge < -0.3 is 20.3 Å². The maximum absolute atomic E-state index is 13.7. The van der Waals surface area contributed by atoms with Crippen LogP contribution < -0.4 is 10.6 Å². The van der Waals surface area contributed by atoms with Crippen LogP contribution in [0.5, 0.6) is 0 Å². The number of nitrogens with zero attached hydrogens (tertiary/aromatic N) is 5. The normalized spacial score (nSPS) is 14.4. The highest BCUT2D eigenvalue weighted by atomic mass is 35.5. The number of hydrogen-bond acceptors (Lipinski definition) is 6. The number of amides is 1. The van der Waals surface area contributed by atoms with Gasteiger partial charge in [0.15, 0.2) is 11.5 Å². The molecule has 3 aromatic rings. The number of alkyl halides is 6. The van der Waals surface area contributed by atoms with Crippen LogP contribution in [0, 0.1) is 0 Å². The summed E-state index contributed by atoms with van der Waals surface area (Å²) >= 11 is 6.27. The van der Waals surface area contributed by atoms with Gasteiger partial charge in [0.2, 0.25) is 0 Å². The number of anilines is 1. The number of ether oxygens (including phenoxy) is 1. The van der Waals surface area contributed by atoms with E-state index in [0.29, 0.717) is 35.8 Å². The van der Waals surface area contributed by atoms with E-state index in [1.165, 1.54) is 4.90 Å². The van der Waals surface area contributed by atoms with E-state index in [1.807, 2.05) is 0 Å². The van der Waals surface area contributed by atoms with Gasteiger partial charge in [-0.2, -0.15) is 26.3 Å². The van der Waals surface area contributed by atoms with Crippen molar-refractivity contribution in [3.63, 3.8) is 0 Å². The Bertz CT molecular complexity index is 1310. The van der Waals surface area contributed by atoms with Gasteiger partial charge in [0.25, 0.3) is 5.91 Å². The summed E-state index contributed by atoms with van der Waals surface area (Å²) in [5, 5.41) is 8.42. The zero-order chi connectivity index (χ0) is 29.1. The summed E-state index contributed by atoms with van der Waals surface area (Å²) in [7, 11) is 0. The molecule has 0 spiro atoms. The van der Waals surface area contributed by atoms with Gasteiger partial charge in [0.05, 0.1) is 30.9 Å². The first-order valence-corrected chi connectivity index (χ1v) is 12.5. The second-order valence-corrected chi connectivity index (χ2v) is 9.45. The second kappa shape index (κ2) is 12.0. The summed E-state index contributed by atoms with van der Waals surface area (Å²) < 4.78 is 87.1. The molecule has 4 rings (SSSR count). The summed E-state index contributed by atoms with van der Waals surface area (Å²) in [4.78, 5) is 16.8. The summed E-state index contributed by atoms with van der Waals surface area (Å²) in [5.41, 5.74) is 3.07. The topological polar surface area (TPSA) is 89.5 Å². The number of morpholine rings is 1. The Kier molecular flexibility index (Phi) is 8.90. The largest absolute Gasteiger partial charge is 0.416 e. The van der Waals surface area contributed by atoms with Gasteiger partial charge in [-0.3, -0.25) is 4.79 Å². The minimum atomic E-state index is -5.01. The molecule has 0 bridgehead atoms. The molecule has 0 aliphatic carbocycles. The first kappa shape index (κ1) is 29.6. The number of aromatic nitrogens is 3. The van der Waals surface area contributed by atoms with Crippen molar-refractivity contribution in [1.82, 2.24) is 19.9 Å². The van der Waals surface area contributed by atoms with E-state index >= 15 is 0 Å². The Morgan fingerprint density at radius 3 is 2.23 bits per heavy atom. The summed E-state index contributed by atoms with van der Waals surface area (Å²) in [6.45, 7) is 0.995. The third kappa shape index (κ3) is 6.85. The highest BCUT2D eigenvalue weighted by molar-refractivity contribution is 6.31. The number of rotatable bonds is 8. The number of hydrogen-bond donors (Lipinski definition) is 1. The number of nitrogens with two attached hydrogens (primary N) is 1. The summed E-state index contributed by atoms with van der Waals surface area (Å²) in [5.74, 6) is -0.418. The van der Waals surface area contributed by atoms with Crippen molar-refractivity contribution in [2.75, 3.05) is 44.3 Å². The SMILES string of the molecule is NCCN(Cc1ccccc1Cl)C(=O)c1nnn(Cc2cc(C(F)(F)F)cc(C(F)(F)F)c2)c1N1CCOCC1. The Balaban J connectivity index is 1.75. The molecule has 8 nitrogen and oxygen atoms in total. The van der Waals surface area contributed by atoms with E-state index in [0.717, 1.165) is 4.68 Å². The molecule has 40 heavy (non-hydrogen) atoms. The molecule has 2 aromatic carbocycles. The number of benzene rings is 2. The lowest BCUT2D eigenvalue weighted by molar-refractivity contribution is -0.143. The average Bonchev–Trinajstić information content (AvgIpc) is 3.32. The molecule has 1 aliphatic heterocycles. The van der Waals surface area contributed by atoms with Crippen molar-refractivity contribution >= 4 is 23.3 Å². The molecule has 0 unspecified atom stereocenters. The first-order valence-electron chi connectivity index (χ1n) is 12.2. The molecule has 2 N–H and O–H groups in total. The molecule has 1 amide bonds. The fourth-order valence-corrected chi connectivity index (χ4v) is 4.51. The van der Waals surface area contributed by atoms with Gasteiger partial charge >= 0.3 is 12.4 Å². The van der Waals surface area contributed by atoms with Crippen LogP contribution in [-0.4, -0.2) is 65.2 Å². The number of carbonyl (C=O) groups is 1. The zero-order valence-corrected chi connectivity index (χ0v) is 21.7. The van der Waals surface area contributed by atoms with Crippen LogP contribution in [0.15, 0.2) is 42.5 Å². The van der Waals surface area contributed by atoms with Crippen LogP contribution in [0.1, 0.15) is 32.7 Å². The van der Waals surface area contributed by atoms with E-state index in [1.54, 1.807) is 29.2 Å². The van der Waals surface area contributed by atoms with Crippen LogP contribution in [0.3, 0.4) is 0 Å². The van der Waals surface area contributed by atoms with Crippen molar-refractivity contribution in [1.29, 1.82) is 0 Å². The average molecular weight is 591 g/mol. The minimum Gasteiger partial charge on any atom is -0.378 e. The van der Waals surface area contributed by atoms with Gasteiger partial charge in [-0.25, -0.2) is 4.68 Å². The lowest BCUT2D eigenvalue weighted by Crippen LogP contribution is -2.40. The quantitative estimate of drug-likeness (QED) is 0.390. The lowest BCUT2D eigenvalue weighted by Gasteiger charge is -2.30. The lowest BCUT2D eigenvalue weighted by atomic mass is 10.0.